The number of aromatic amines is 1. The molecule has 5 heterocycles. The van der Waals surface area contributed by atoms with Crippen molar-refractivity contribution in [2.45, 2.75) is 68.5 Å². The molecule has 14 heteroatoms. The summed E-state index contributed by atoms with van der Waals surface area (Å²) in [5, 5.41) is 68.8. The molecule has 2 amide bonds. The van der Waals surface area contributed by atoms with E-state index >= 15 is 0 Å². The normalized spacial score (nSPS) is 33.8. The quantitative estimate of drug-likeness (QED) is 0.127. The van der Waals surface area contributed by atoms with E-state index in [1.807, 2.05) is 24.3 Å². The van der Waals surface area contributed by atoms with Crippen LogP contribution in [0.3, 0.4) is 0 Å². The van der Waals surface area contributed by atoms with Crippen molar-refractivity contribution in [2.75, 3.05) is 0 Å². The Morgan fingerprint density at radius 3 is 2.04 bits per heavy atom. The molecule has 3 aromatic carbocycles. The fraction of sp³-hybridized carbons (Fsp3) is 0.355. The van der Waals surface area contributed by atoms with Gasteiger partial charge in [0.2, 0.25) is 0 Å². The Kier molecular flexibility index (Phi) is 6.35. The third kappa shape index (κ3) is 3.89. The van der Waals surface area contributed by atoms with Gasteiger partial charge in [0.15, 0.2) is 18.8 Å². The van der Waals surface area contributed by atoms with Crippen molar-refractivity contribution < 1.29 is 54.4 Å². The number of hydrogen-bond donors (Lipinski definition) is 8. The minimum absolute atomic E-state index is 0.154. The van der Waals surface area contributed by atoms with E-state index < -0.39 is 73.4 Å². The van der Waals surface area contributed by atoms with Crippen molar-refractivity contribution in [1.29, 1.82) is 0 Å². The molecule has 45 heavy (non-hydrogen) atoms. The van der Waals surface area contributed by atoms with Gasteiger partial charge in [0.1, 0.15) is 36.6 Å². The van der Waals surface area contributed by atoms with Gasteiger partial charge in [0.25, 0.3) is 11.8 Å². The molecule has 0 aliphatic carbocycles. The van der Waals surface area contributed by atoms with Crippen LogP contribution in [-0.4, -0.2) is 107 Å². The zero-order valence-corrected chi connectivity index (χ0v) is 23.6. The van der Waals surface area contributed by atoms with Crippen molar-refractivity contribution in [1.82, 2.24) is 14.9 Å². The van der Waals surface area contributed by atoms with Crippen molar-refractivity contribution >= 4 is 55.4 Å². The molecule has 3 aliphatic heterocycles. The maximum Gasteiger partial charge on any atom is 0.259 e. The van der Waals surface area contributed by atoms with E-state index in [9.17, 15) is 40.2 Å². The van der Waals surface area contributed by atoms with Crippen molar-refractivity contribution in [3.05, 3.63) is 59.7 Å². The number of imide groups is 1. The molecule has 0 bridgehead atoms. The van der Waals surface area contributed by atoms with Crippen molar-refractivity contribution in [3.8, 4) is 0 Å². The fourth-order valence-corrected chi connectivity index (χ4v) is 6.95. The number of aliphatic hydroxyl groups is 6. The average Bonchev–Trinajstić information content (AvgIpc) is 3.67. The highest BCUT2D eigenvalue weighted by Crippen LogP contribution is 2.46. The molecule has 0 unspecified atom stereocenters. The number of hydrogen-bond acceptors (Lipinski definition) is 11. The van der Waals surface area contributed by atoms with E-state index in [1.54, 1.807) is 28.8 Å². The molecule has 14 nitrogen and oxygen atoms in total. The number of amides is 2. The monoisotopic (exact) mass is 619 g/mol. The minimum atomic E-state index is -1.82. The molecule has 3 aliphatic rings. The number of nitrogens with one attached hydrogen (secondary N) is 2. The van der Waals surface area contributed by atoms with Gasteiger partial charge in [-0.25, -0.2) is 0 Å². The standard InChI is InChI=1S/C31H29N3O11/c1-10-21(35)22(36)25(39)30(43-10)45-31-26(40)23(37)24(38)29(44-31)34-14-9-5-3-7-12(14)16-18-17(27(41)33-28(18)42)15-11-6-2-4-8-13(11)32-19(15)20(16)34/h2-10,21-26,29-32,35-40H,1H3,(H,33,41,42)/t10-,21+,22-,23+,24+,25-,26+,29-,30+,31+/m1/s1. The third-order valence-electron chi connectivity index (χ3n) is 9.16. The first kappa shape index (κ1) is 28.5. The summed E-state index contributed by atoms with van der Waals surface area (Å²) >= 11 is 0. The van der Waals surface area contributed by atoms with Crippen LogP contribution in [-0.2, 0) is 14.2 Å². The molecule has 8 N–H and O–H groups in total. The van der Waals surface area contributed by atoms with Gasteiger partial charge in [-0.05, 0) is 19.1 Å². The molecule has 2 saturated heterocycles. The van der Waals surface area contributed by atoms with Gasteiger partial charge in [0.05, 0.1) is 33.8 Å². The third-order valence-corrected chi connectivity index (χ3v) is 9.16. The molecule has 5 aromatic rings. The Hall–Kier alpha value is -3.96. The van der Waals surface area contributed by atoms with Gasteiger partial charge in [0, 0.05) is 27.1 Å². The van der Waals surface area contributed by atoms with Gasteiger partial charge >= 0.3 is 0 Å². The molecule has 234 valence electrons. The number of H-pyrrole nitrogens is 1. The van der Waals surface area contributed by atoms with Crippen LogP contribution in [0.5, 0.6) is 0 Å². The second-order valence-electron chi connectivity index (χ2n) is 11.7. The van der Waals surface area contributed by atoms with Gasteiger partial charge in [-0.3, -0.25) is 14.9 Å². The number of aromatic nitrogens is 2. The van der Waals surface area contributed by atoms with Gasteiger partial charge in [-0.1, -0.05) is 36.4 Å². The van der Waals surface area contributed by atoms with Crippen LogP contribution in [0.4, 0.5) is 0 Å². The number of carbonyl (C=O) groups excluding carboxylic acids is 2. The molecular weight excluding hydrogens is 590 g/mol. The van der Waals surface area contributed by atoms with E-state index in [-0.39, 0.29) is 11.1 Å². The number of rotatable bonds is 3. The molecule has 2 aromatic heterocycles. The van der Waals surface area contributed by atoms with Gasteiger partial charge in [-0.2, -0.15) is 0 Å². The van der Waals surface area contributed by atoms with Crippen molar-refractivity contribution in [3.63, 3.8) is 0 Å². The molecule has 0 radical (unpaired) electrons. The van der Waals surface area contributed by atoms with Crippen molar-refractivity contribution in [2.24, 2.45) is 0 Å². The number of carbonyl (C=O) groups is 2. The first-order valence-electron chi connectivity index (χ1n) is 14.5. The first-order valence-corrected chi connectivity index (χ1v) is 14.5. The topological polar surface area (TPSA) is 216 Å². The van der Waals surface area contributed by atoms with Crippen LogP contribution < -0.4 is 5.32 Å². The number of aliphatic hydroxyl groups excluding tert-OH is 6. The number of nitrogens with zero attached hydrogens (tertiary/aromatic N) is 1. The lowest BCUT2D eigenvalue weighted by atomic mass is 9.96. The zero-order valence-electron chi connectivity index (χ0n) is 23.6. The van der Waals surface area contributed by atoms with Gasteiger partial charge < -0.3 is 54.4 Å². The fourth-order valence-electron chi connectivity index (χ4n) is 6.95. The summed E-state index contributed by atoms with van der Waals surface area (Å²) in [4.78, 5) is 29.9. The lowest BCUT2D eigenvalue weighted by Crippen LogP contribution is -2.61. The van der Waals surface area contributed by atoms with Crippen LogP contribution in [0.2, 0.25) is 0 Å². The van der Waals surface area contributed by atoms with E-state index in [1.165, 1.54) is 6.92 Å². The summed E-state index contributed by atoms with van der Waals surface area (Å²) in [6, 6.07) is 14.3. The Labute approximate surface area is 252 Å². The van der Waals surface area contributed by atoms with Crippen LogP contribution in [0, 0.1) is 0 Å². The maximum absolute atomic E-state index is 13.4. The summed E-state index contributed by atoms with van der Waals surface area (Å²) in [5.41, 5.74) is 2.38. The summed E-state index contributed by atoms with van der Waals surface area (Å²) in [5.74, 6) is -1.13. The Balaban J connectivity index is 1.36. The molecule has 0 spiro atoms. The van der Waals surface area contributed by atoms with Crippen LogP contribution in [0.15, 0.2) is 48.5 Å². The van der Waals surface area contributed by atoms with Gasteiger partial charge in [-0.15, -0.1) is 0 Å². The predicted molar refractivity (Wildman–Crippen MR) is 156 cm³/mol. The summed E-state index contributed by atoms with van der Waals surface area (Å²) in [6.07, 6.45) is -15.8. The lowest BCUT2D eigenvalue weighted by molar-refractivity contribution is -0.379. The molecule has 10 atom stereocenters. The van der Waals surface area contributed by atoms with Crippen LogP contribution in [0.25, 0.3) is 43.6 Å². The second-order valence-corrected chi connectivity index (χ2v) is 11.7. The number of ether oxygens (including phenoxy) is 3. The van der Waals surface area contributed by atoms with E-state index in [4.69, 9.17) is 14.2 Å². The number of para-hydroxylation sites is 2. The summed E-state index contributed by atoms with van der Waals surface area (Å²) in [6.45, 7) is 1.46. The molecule has 2 fully saturated rings. The highest BCUT2D eigenvalue weighted by atomic mass is 16.8. The lowest BCUT2D eigenvalue weighted by Gasteiger charge is -2.45. The maximum atomic E-state index is 13.4. The number of fused-ring (bicyclic) bond motifs is 10. The summed E-state index contributed by atoms with van der Waals surface area (Å²) in [7, 11) is 0. The number of benzene rings is 3. The van der Waals surface area contributed by atoms with E-state index in [0.717, 1.165) is 0 Å². The molecular formula is C31H29N3O11. The summed E-state index contributed by atoms with van der Waals surface area (Å²) < 4.78 is 19.0. The average molecular weight is 620 g/mol. The smallest absolute Gasteiger partial charge is 0.259 e. The molecule has 8 rings (SSSR count). The predicted octanol–water partition coefficient (Wildman–Crippen LogP) is 0.0943. The Bertz CT molecular complexity index is 2040. The first-order chi connectivity index (χ1) is 21.6. The second kappa shape index (κ2) is 10.0. The Morgan fingerprint density at radius 2 is 1.31 bits per heavy atom. The zero-order chi connectivity index (χ0) is 31.5. The Morgan fingerprint density at radius 1 is 0.711 bits per heavy atom. The van der Waals surface area contributed by atoms with E-state index in [2.05, 4.69) is 10.3 Å². The SMILES string of the molecule is C[C@H]1O[C@@H](O[C@@H]2O[C@@H](n3c4ccccc4c4c5c(c6c7ccccc7[nH]c6c43)C(=O)NC5=O)[C@@H](O)[C@H](O)[C@@H]2O)[C@H](O)[C@H](O)[C@H]1O. The van der Waals surface area contributed by atoms with Crippen LogP contribution >= 0.6 is 0 Å². The minimum Gasteiger partial charge on any atom is -0.388 e. The van der Waals surface area contributed by atoms with E-state index in [0.29, 0.717) is 43.6 Å². The largest absolute Gasteiger partial charge is 0.388 e. The van der Waals surface area contributed by atoms with Crippen LogP contribution in [0.1, 0.15) is 33.9 Å². The highest BCUT2D eigenvalue weighted by Gasteiger charge is 2.50. The molecule has 0 saturated carbocycles. The highest BCUT2D eigenvalue weighted by molar-refractivity contribution is 6.39.